The van der Waals surface area contributed by atoms with Gasteiger partial charge in [0.15, 0.2) is 5.82 Å². The number of aliphatic hydroxyl groups excluding tert-OH is 1. The van der Waals surface area contributed by atoms with Gasteiger partial charge in [-0.1, -0.05) is 68.8 Å². The first-order valence-electron chi connectivity index (χ1n) is 22.8. The van der Waals surface area contributed by atoms with E-state index in [9.17, 15) is 24.3 Å². The number of carbonyl (C=O) groups excluding carboxylic acids is 4. The number of nitrogens with zero attached hydrogens (tertiary/aromatic N) is 6. The Bertz CT molecular complexity index is 2690. The highest BCUT2D eigenvalue weighted by atomic mass is 35.5. The zero-order valence-electron chi connectivity index (χ0n) is 39.3. The number of nitrogens with one attached hydrogen (secondary N) is 3. The maximum atomic E-state index is 14.0. The second-order valence-electron chi connectivity index (χ2n) is 18.8. The molecule has 360 valence electrons. The molecule has 3 aromatic heterocycles. The summed E-state index contributed by atoms with van der Waals surface area (Å²) < 4.78 is 13.6. The molecule has 1 aliphatic carbocycles. The molecule has 19 heteroatoms. The number of ether oxygens (including phenoxy) is 2. The number of thiazole rings is 1. The number of aryl methyl sites for hydroxylation is 3. The van der Waals surface area contributed by atoms with Crippen molar-refractivity contribution in [2.75, 3.05) is 26.4 Å². The van der Waals surface area contributed by atoms with E-state index in [2.05, 4.69) is 45.0 Å². The predicted octanol–water partition coefficient (Wildman–Crippen LogP) is 6.11. The SMILES string of the molecule is Cc1ncsc1-c1ccc(CNC(=O)[C@@H]2C[C@@H](O)CN2C(=O)[C@@H](NC(=O)COCCOC2CC(NC(=O)C[C@@H]3N=C(c4ccc(Cl)cc4)c4c(sc(C)c4C)-n4c(C)nnc43)C2)C(C)(C)C)cc1. The number of rotatable bonds is 16. The molecule has 0 bridgehead atoms. The largest absolute Gasteiger partial charge is 0.391 e. The van der Waals surface area contributed by atoms with Crippen molar-refractivity contribution in [1.82, 2.24) is 40.6 Å². The summed E-state index contributed by atoms with van der Waals surface area (Å²) in [5.41, 5.74) is 7.80. The number of fused-ring (bicyclic) bond motifs is 3. The van der Waals surface area contributed by atoms with Crippen molar-refractivity contribution >= 4 is 63.6 Å². The Kier molecular flexibility index (Phi) is 14.9. The molecule has 16 nitrogen and oxygen atoms in total. The Morgan fingerprint density at radius 2 is 1.66 bits per heavy atom. The van der Waals surface area contributed by atoms with Gasteiger partial charge in [0.25, 0.3) is 0 Å². The van der Waals surface area contributed by atoms with E-state index >= 15 is 0 Å². The van der Waals surface area contributed by atoms with Crippen LogP contribution in [0, 0.1) is 33.1 Å². The molecule has 4 amide bonds. The standard InChI is InChI=1S/C49H58ClN9O7S2/c1-26-28(3)68-48-41(26)42(31-12-14-33(50)15-13-31)54-37(45-57-56-29(4)59(45)48)21-39(61)53-34-18-36(19-34)66-17-16-65-24-40(62)55-44(49(5,6)7)47(64)58-23-35(60)20-38(58)46(63)51-22-30-8-10-32(11-9-30)43-27(2)52-25-67-43/h8-15,25,34-38,44,60H,16-24H2,1-7H3,(H,51,63)(H,53,61)(H,55,62)/t34?,35-,36?,37+,38+,44-/m1/s1. The van der Waals surface area contributed by atoms with Gasteiger partial charge in [-0.2, -0.15) is 0 Å². The van der Waals surface area contributed by atoms with Gasteiger partial charge in [-0.3, -0.25) is 28.7 Å². The summed E-state index contributed by atoms with van der Waals surface area (Å²) in [4.78, 5) is 67.3. The molecule has 3 aliphatic rings. The number of carbonyl (C=O) groups is 4. The van der Waals surface area contributed by atoms with E-state index in [-0.39, 0.29) is 69.7 Å². The van der Waals surface area contributed by atoms with Crippen LogP contribution < -0.4 is 16.0 Å². The summed E-state index contributed by atoms with van der Waals surface area (Å²) in [6.45, 7) is 13.8. The number of β-amino-alcohol motifs (C(OH)–C–C–N with tert-alkyl or cyclic N) is 1. The zero-order valence-corrected chi connectivity index (χ0v) is 41.7. The van der Waals surface area contributed by atoms with Crippen LogP contribution in [0.25, 0.3) is 15.4 Å². The van der Waals surface area contributed by atoms with Crippen molar-refractivity contribution in [2.45, 2.75) is 117 Å². The number of thiophene rings is 1. The van der Waals surface area contributed by atoms with Gasteiger partial charge in [-0.25, -0.2) is 4.98 Å². The molecule has 4 N–H and O–H groups in total. The molecule has 4 atom stereocenters. The number of likely N-dealkylation sites (tertiary alicyclic amines) is 1. The minimum Gasteiger partial charge on any atom is -0.391 e. The second-order valence-corrected chi connectivity index (χ2v) is 21.3. The number of hydrogen-bond acceptors (Lipinski definition) is 13. The smallest absolute Gasteiger partial charge is 0.246 e. The lowest BCUT2D eigenvalue weighted by Crippen LogP contribution is -2.58. The van der Waals surface area contributed by atoms with Crippen LogP contribution >= 0.6 is 34.3 Å². The Labute approximate surface area is 408 Å². The van der Waals surface area contributed by atoms with E-state index in [1.54, 1.807) is 22.7 Å². The highest BCUT2D eigenvalue weighted by Gasteiger charge is 2.44. The van der Waals surface area contributed by atoms with Gasteiger partial charge >= 0.3 is 0 Å². The Hall–Kier alpha value is -5.37. The number of benzene rings is 2. The van der Waals surface area contributed by atoms with Gasteiger partial charge in [0.05, 0.1) is 53.6 Å². The van der Waals surface area contributed by atoms with E-state index in [0.29, 0.717) is 23.7 Å². The molecular weight excluding hydrogens is 926 g/mol. The van der Waals surface area contributed by atoms with Crippen molar-refractivity contribution in [3.63, 3.8) is 0 Å². The van der Waals surface area contributed by atoms with E-state index in [1.165, 1.54) is 9.78 Å². The van der Waals surface area contributed by atoms with Gasteiger partial charge < -0.3 is 35.4 Å². The molecule has 0 unspecified atom stereocenters. The number of amides is 4. The van der Waals surface area contributed by atoms with Gasteiger partial charge in [0.2, 0.25) is 23.6 Å². The van der Waals surface area contributed by atoms with Crippen molar-refractivity contribution in [3.05, 3.63) is 104 Å². The van der Waals surface area contributed by atoms with Gasteiger partial charge in [-0.15, -0.1) is 32.9 Å². The molecule has 2 fully saturated rings. The third kappa shape index (κ3) is 10.9. The number of aliphatic imine (C=N–C) groups is 1. The zero-order chi connectivity index (χ0) is 48.4. The minimum absolute atomic E-state index is 0.0253. The van der Waals surface area contributed by atoms with Crippen LogP contribution in [0.1, 0.15) is 97.0 Å². The minimum atomic E-state index is -0.982. The summed E-state index contributed by atoms with van der Waals surface area (Å²) in [6.07, 6.45) is 0.464. The van der Waals surface area contributed by atoms with Gasteiger partial charge in [0.1, 0.15) is 35.6 Å². The summed E-state index contributed by atoms with van der Waals surface area (Å²) in [6, 6.07) is 12.9. The summed E-state index contributed by atoms with van der Waals surface area (Å²) in [5, 5.41) is 30.0. The molecule has 0 spiro atoms. The molecule has 2 aromatic carbocycles. The van der Waals surface area contributed by atoms with Crippen LogP contribution in [0.2, 0.25) is 5.02 Å². The lowest BCUT2D eigenvalue weighted by Gasteiger charge is -2.36. The Morgan fingerprint density at radius 1 is 0.941 bits per heavy atom. The summed E-state index contributed by atoms with van der Waals surface area (Å²) in [5.74, 6) is -0.130. The number of aliphatic hydroxyl groups is 1. The first kappa shape index (κ1) is 49.1. The van der Waals surface area contributed by atoms with Crippen LogP contribution in [-0.2, 0) is 35.2 Å². The van der Waals surface area contributed by atoms with Crippen molar-refractivity contribution in [1.29, 1.82) is 0 Å². The lowest BCUT2D eigenvalue weighted by atomic mass is 9.85. The fourth-order valence-electron chi connectivity index (χ4n) is 8.84. The van der Waals surface area contributed by atoms with Crippen LogP contribution in [0.5, 0.6) is 0 Å². The topological polar surface area (TPSA) is 202 Å². The highest BCUT2D eigenvalue weighted by Crippen LogP contribution is 2.40. The molecule has 5 aromatic rings. The third-order valence-electron chi connectivity index (χ3n) is 12.7. The number of hydrogen-bond donors (Lipinski definition) is 4. The maximum absolute atomic E-state index is 14.0. The maximum Gasteiger partial charge on any atom is 0.246 e. The van der Waals surface area contributed by atoms with E-state index in [4.69, 9.17) is 26.1 Å². The monoisotopic (exact) mass is 983 g/mol. The molecule has 68 heavy (non-hydrogen) atoms. The van der Waals surface area contributed by atoms with Gasteiger partial charge in [-0.05, 0) is 74.8 Å². The van der Waals surface area contributed by atoms with Crippen LogP contribution in [0.3, 0.4) is 0 Å². The Balaban J connectivity index is 0.776. The lowest BCUT2D eigenvalue weighted by molar-refractivity contribution is -0.144. The fourth-order valence-corrected chi connectivity index (χ4v) is 11.0. The van der Waals surface area contributed by atoms with Crippen LogP contribution in [0.15, 0.2) is 59.0 Å². The molecule has 5 heterocycles. The summed E-state index contributed by atoms with van der Waals surface area (Å²) >= 11 is 9.48. The Morgan fingerprint density at radius 3 is 2.35 bits per heavy atom. The van der Waals surface area contributed by atoms with Crippen LogP contribution in [-0.4, -0.2) is 116 Å². The van der Waals surface area contributed by atoms with Crippen molar-refractivity contribution < 1.29 is 33.8 Å². The van der Waals surface area contributed by atoms with Crippen molar-refractivity contribution in [3.8, 4) is 15.4 Å². The van der Waals surface area contributed by atoms with Crippen LogP contribution in [0.4, 0.5) is 0 Å². The molecule has 8 rings (SSSR count). The number of aromatic nitrogens is 4. The van der Waals surface area contributed by atoms with E-state index < -0.39 is 41.5 Å². The molecule has 0 radical (unpaired) electrons. The quantitative estimate of drug-likeness (QED) is 0.0836. The molecule has 1 saturated carbocycles. The van der Waals surface area contributed by atoms with Gasteiger partial charge in [0, 0.05) is 46.6 Å². The molecule has 1 saturated heterocycles. The fraction of sp³-hybridized carbons (Fsp3) is 0.469. The number of halogens is 1. The van der Waals surface area contributed by atoms with E-state index in [0.717, 1.165) is 54.9 Å². The average molecular weight is 985 g/mol. The summed E-state index contributed by atoms with van der Waals surface area (Å²) in [7, 11) is 0. The van der Waals surface area contributed by atoms with Crippen molar-refractivity contribution in [2.24, 2.45) is 10.4 Å². The first-order valence-corrected chi connectivity index (χ1v) is 24.9. The molecular formula is C49H58ClN9O7S2. The highest BCUT2D eigenvalue weighted by molar-refractivity contribution is 7.15. The van der Waals surface area contributed by atoms with E-state index in [1.807, 2.05) is 93.2 Å². The average Bonchev–Trinajstić information content (AvgIpc) is 4.05. The third-order valence-corrected chi connectivity index (χ3v) is 15.1. The predicted molar refractivity (Wildman–Crippen MR) is 261 cm³/mol. The normalized spacial score (nSPS) is 20.4. The second kappa shape index (κ2) is 20.7. The first-order chi connectivity index (χ1) is 32.4. The molecule has 2 aliphatic heterocycles.